The van der Waals surface area contributed by atoms with Crippen LogP contribution in [0, 0.1) is 0 Å². The molecule has 1 unspecified atom stereocenters. The molecule has 102 valence electrons. The number of methoxy groups -OCH3 is 2. The molecule has 0 aliphatic carbocycles. The van der Waals surface area contributed by atoms with Gasteiger partial charge in [0.25, 0.3) is 0 Å². The van der Waals surface area contributed by atoms with Crippen LogP contribution in [0.2, 0.25) is 0 Å². The third kappa shape index (κ3) is 2.28. The van der Waals surface area contributed by atoms with Crippen LogP contribution in [0.25, 0.3) is 0 Å². The van der Waals surface area contributed by atoms with Gasteiger partial charge in [0.2, 0.25) is 5.91 Å². The SMILES string of the molecule is COC(=O)C1(C)CC(=O)N1Cc1ccc(OC)cc1. The van der Waals surface area contributed by atoms with Crippen molar-refractivity contribution in [3.05, 3.63) is 29.8 Å². The summed E-state index contributed by atoms with van der Waals surface area (Å²) in [5.74, 6) is 0.346. The summed E-state index contributed by atoms with van der Waals surface area (Å²) in [7, 11) is 2.93. The van der Waals surface area contributed by atoms with Crippen molar-refractivity contribution >= 4 is 11.9 Å². The topological polar surface area (TPSA) is 55.8 Å². The molecule has 1 aliphatic heterocycles. The molecule has 0 N–H and O–H groups in total. The Hall–Kier alpha value is -2.04. The minimum absolute atomic E-state index is 0.0382. The maximum Gasteiger partial charge on any atom is 0.332 e. The Morgan fingerprint density at radius 1 is 1.32 bits per heavy atom. The maximum atomic E-state index is 11.7. The predicted octanol–water partition coefficient (Wildman–Crippen LogP) is 1.36. The maximum absolute atomic E-state index is 11.7. The van der Waals surface area contributed by atoms with E-state index in [1.165, 1.54) is 7.11 Å². The average molecular weight is 263 g/mol. The van der Waals surface area contributed by atoms with E-state index in [1.54, 1.807) is 18.9 Å². The number of carbonyl (C=O) groups excluding carboxylic acids is 2. The molecule has 1 heterocycles. The van der Waals surface area contributed by atoms with Crippen LogP contribution in [-0.2, 0) is 20.9 Å². The number of likely N-dealkylation sites (tertiary alicyclic amines) is 1. The van der Waals surface area contributed by atoms with Crippen molar-refractivity contribution in [2.45, 2.75) is 25.4 Å². The lowest BCUT2D eigenvalue weighted by Crippen LogP contribution is -2.65. The van der Waals surface area contributed by atoms with Gasteiger partial charge in [-0.25, -0.2) is 4.79 Å². The molecule has 0 bridgehead atoms. The number of rotatable bonds is 4. The van der Waals surface area contributed by atoms with Crippen molar-refractivity contribution in [3.8, 4) is 5.75 Å². The third-order valence-electron chi connectivity index (χ3n) is 3.52. The van der Waals surface area contributed by atoms with Gasteiger partial charge in [-0.15, -0.1) is 0 Å². The van der Waals surface area contributed by atoms with E-state index < -0.39 is 5.54 Å². The highest BCUT2D eigenvalue weighted by molar-refractivity contribution is 5.98. The molecule has 0 radical (unpaired) electrons. The summed E-state index contributed by atoms with van der Waals surface area (Å²) in [6.07, 6.45) is 0.204. The number of esters is 1. The van der Waals surface area contributed by atoms with Gasteiger partial charge in [-0.1, -0.05) is 12.1 Å². The third-order valence-corrected chi connectivity index (χ3v) is 3.52. The molecular weight excluding hydrogens is 246 g/mol. The van der Waals surface area contributed by atoms with Gasteiger partial charge in [0, 0.05) is 6.54 Å². The number of carbonyl (C=O) groups is 2. The normalized spacial score (nSPS) is 21.8. The van der Waals surface area contributed by atoms with Gasteiger partial charge in [0.15, 0.2) is 0 Å². The van der Waals surface area contributed by atoms with Gasteiger partial charge in [-0.05, 0) is 24.6 Å². The molecule has 0 saturated carbocycles. The van der Waals surface area contributed by atoms with Crippen molar-refractivity contribution in [1.82, 2.24) is 4.90 Å². The summed E-state index contributed by atoms with van der Waals surface area (Å²) in [4.78, 5) is 25.0. The summed E-state index contributed by atoms with van der Waals surface area (Å²) in [5, 5.41) is 0. The second-order valence-corrected chi connectivity index (χ2v) is 4.77. The molecular formula is C14H17NO4. The fourth-order valence-corrected chi connectivity index (χ4v) is 2.25. The Morgan fingerprint density at radius 2 is 1.95 bits per heavy atom. The molecule has 19 heavy (non-hydrogen) atoms. The molecule has 1 aromatic rings. The summed E-state index contributed by atoms with van der Waals surface area (Å²) < 4.78 is 9.83. The first-order valence-corrected chi connectivity index (χ1v) is 6.03. The lowest BCUT2D eigenvalue weighted by molar-refractivity contribution is -0.177. The highest BCUT2D eigenvalue weighted by Gasteiger charge is 2.53. The van der Waals surface area contributed by atoms with Gasteiger partial charge in [0.1, 0.15) is 11.3 Å². The van der Waals surface area contributed by atoms with Crippen LogP contribution in [0.3, 0.4) is 0 Å². The Balaban J connectivity index is 2.12. The van der Waals surface area contributed by atoms with E-state index in [1.807, 2.05) is 24.3 Å². The number of β-lactam (4-membered cyclic amide) rings is 1. The quantitative estimate of drug-likeness (QED) is 0.608. The molecule has 2 rings (SSSR count). The lowest BCUT2D eigenvalue weighted by Gasteiger charge is -2.47. The fraction of sp³-hybridized carbons (Fsp3) is 0.429. The van der Waals surface area contributed by atoms with E-state index in [4.69, 9.17) is 9.47 Å². The standard InChI is InChI=1S/C14H17NO4/c1-14(13(17)19-3)8-12(16)15(14)9-10-4-6-11(18-2)7-5-10/h4-7H,8-9H2,1-3H3. The van der Waals surface area contributed by atoms with E-state index >= 15 is 0 Å². The molecule has 1 aliphatic rings. The van der Waals surface area contributed by atoms with Crippen molar-refractivity contribution in [1.29, 1.82) is 0 Å². The van der Waals surface area contributed by atoms with Gasteiger partial charge in [-0.3, -0.25) is 4.79 Å². The van der Waals surface area contributed by atoms with Crippen LogP contribution in [0.15, 0.2) is 24.3 Å². The summed E-state index contributed by atoms with van der Waals surface area (Å²) in [5.41, 5.74) is 0.107. The zero-order valence-electron chi connectivity index (χ0n) is 11.3. The Bertz CT molecular complexity index is 497. The van der Waals surface area contributed by atoms with E-state index in [9.17, 15) is 9.59 Å². The predicted molar refractivity (Wildman–Crippen MR) is 68.6 cm³/mol. The van der Waals surface area contributed by atoms with Gasteiger partial charge < -0.3 is 14.4 Å². The number of benzene rings is 1. The Kier molecular flexibility index (Phi) is 3.46. The smallest absolute Gasteiger partial charge is 0.332 e. The van der Waals surface area contributed by atoms with E-state index in [-0.39, 0.29) is 18.3 Å². The van der Waals surface area contributed by atoms with E-state index in [2.05, 4.69) is 0 Å². The average Bonchev–Trinajstić information content (AvgIpc) is 2.44. The van der Waals surface area contributed by atoms with Gasteiger partial charge in [0.05, 0.1) is 20.6 Å². The number of hydrogen-bond donors (Lipinski definition) is 0. The van der Waals surface area contributed by atoms with Crippen LogP contribution < -0.4 is 4.74 Å². The molecule has 0 aromatic heterocycles. The summed E-state index contributed by atoms with van der Waals surface area (Å²) in [6.45, 7) is 2.12. The van der Waals surface area contributed by atoms with Gasteiger partial charge in [-0.2, -0.15) is 0 Å². The molecule has 5 heteroatoms. The second-order valence-electron chi connectivity index (χ2n) is 4.77. The number of amides is 1. The Labute approximate surface area is 112 Å². The molecule has 1 fully saturated rings. The first-order chi connectivity index (χ1) is 9.01. The van der Waals surface area contributed by atoms with Crippen LogP contribution >= 0.6 is 0 Å². The van der Waals surface area contributed by atoms with Crippen LogP contribution in [-0.4, -0.2) is 36.5 Å². The van der Waals surface area contributed by atoms with Crippen molar-refractivity contribution < 1.29 is 19.1 Å². The first-order valence-electron chi connectivity index (χ1n) is 6.03. The van der Waals surface area contributed by atoms with Crippen LogP contribution in [0.4, 0.5) is 0 Å². The minimum atomic E-state index is -0.842. The summed E-state index contributed by atoms with van der Waals surface area (Å²) >= 11 is 0. The lowest BCUT2D eigenvalue weighted by atomic mass is 9.85. The molecule has 1 aromatic carbocycles. The number of nitrogens with zero attached hydrogens (tertiary/aromatic N) is 1. The minimum Gasteiger partial charge on any atom is -0.497 e. The van der Waals surface area contributed by atoms with Crippen molar-refractivity contribution in [3.63, 3.8) is 0 Å². The number of hydrogen-bond acceptors (Lipinski definition) is 4. The summed E-state index contributed by atoms with van der Waals surface area (Å²) in [6, 6.07) is 7.41. The molecule has 5 nitrogen and oxygen atoms in total. The zero-order valence-corrected chi connectivity index (χ0v) is 11.3. The van der Waals surface area contributed by atoms with E-state index in [0.717, 1.165) is 11.3 Å². The monoisotopic (exact) mass is 263 g/mol. The first kappa shape index (κ1) is 13.4. The second kappa shape index (κ2) is 4.91. The highest BCUT2D eigenvalue weighted by atomic mass is 16.5. The fourth-order valence-electron chi connectivity index (χ4n) is 2.25. The Morgan fingerprint density at radius 3 is 2.42 bits per heavy atom. The van der Waals surface area contributed by atoms with Crippen LogP contribution in [0.5, 0.6) is 5.75 Å². The molecule has 1 saturated heterocycles. The highest BCUT2D eigenvalue weighted by Crippen LogP contribution is 2.34. The van der Waals surface area contributed by atoms with Crippen molar-refractivity contribution in [2.75, 3.05) is 14.2 Å². The van der Waals surface area contributed by atoms with E-state index in [0.29, 0.717) is 6.54 Å². The van der Waals surface area contributed by atoms with Crippen molar-refractivity contribution in [2.24, 2.45) is 0 Å². The molecule has 0 spiro atoms. The van der Waals surface area contributed by atoms with Gasteiger partial charge >= 0.3 is 5.97 Å². The zero-order chi connectivity index (χ0) is 14.0. The largest absolute Gasteiger partial charge is 0.497 e. The molecule has 1 atom stereocenters. The van der Waals surface area contributed by atoms with Crippen LogP contribution in [0.1, 0.15) is 18.9 Å². The molecule has 1 amide bonds. The number of ether oxygens (including phenoxy) is 2.